The zero-order valence-corrected chi connectivity index (χ0v) is 14.4. The highest BCUT2D eigenvalue weighted by atomic mass is 32.1. The van der Waals surface area contributed by atoms with Gasteiger partial charge in [-0.25, -0.2) is 4.98 Å². The maximum absolute atomic E-state index is 12.7. The highest BCUT2D eigenvalue weighted by molar-refractivity contribution is 7.09. The maximum atomic E-state index is 12.7. The van der Waals surface area contributed by atoms with Crippen LogP contribution in [0.2, 0.25) is 0 Å². The monoisotopic (exact) mass is 318 g/mol. The highest BCUT2D eigenvalue weighted by Gasteiger charge is 2.33. The molecule has 0 saturated carbocycles. The Bertz CT molecular complexity index is 703. The lowest BCUT2D eigenvalue weighted by Crippen LogP contribution is -2.32. The number of likely N-dealkylation sites (tertiary alicyclic amines) is 1. The van der Waals surface area contributed by atoms with Crippen molar-refractivity contribution in [2.24, 2.45) is 7.05 Å². The Morgan fingerprint density at radius 2 is 2.18 bits per heavy atom. The summed E-state index contributed by atoms with van der Waals surface area (Å²) < 4.78 is 1.91. The van der Waals surface area contributed by atoms with Gasteiger partial charge in [0.15, 0.2) is 0 Å². The molecule has 1 atom stereocenters. The van der Waals surface area contributed by atoms with Gasteiger partial charge in [-0.1, -0.05) is 0 Å². The van der Waals surface area contributed by atoms with Crippen molar-refractivity contribution in [2.45, 2.75) is 46.1 Å². The van der Waals surface area contributed by atoms with Crippen LogP contribution in [0.5, 0.6) is 0 Å². The number of aromatic nitrogens is 3. The summed E-state index contributed by atoms with van der Waals surface area (Å²) in [7, 11) is 1.96. The van der Waals surface area contributed by atoms with E-state index in [1.165, 1.54) is 5.56 Å². The van der Waals surface area contributed by atoms with Crippen molar-refractivity contribution < 1.29 is 4.79 Å². The first-order valence-electron chi connectivity index (χ1n) is 7.68. The summed E-state index contributed by atoms with van der Waals surface area (Å²) in [6, 6.07) is 0.168. The fraction of sp³-hybridized carbons (Fsp3) is 0.562. The number of amides is 1. The van der Waals surface area contributed by atoms with E-state index in [1.807, 2.05) is 35.9 Å². The molecule has 3 heterocycles. The van der Waals surface area contributed by atoms with E-state index < -0.39 is 0 Å². The van der Waals surface area contributed by atoms with Crippen molar-refractivity contribution in [3.8, 4) is 0 Å². The van der Waals surface area contributed by atoms with Crippen molar-refractivity contribution >= 4 is 17.2 Å². The minimum Gasteiger partial charge on any atom is -0.335 e. The largest absolute Gasteiger partial charge is 0.335 e. The quantitative estimate of drug-likeness (QED) is 0.874. The second kappa shape index (κ2) is 5.83. The third-order valence-electron chi connectivity index (χ3n) is 4.47. The van der Waals surface area contributed by atoms with Crippen molar-refractivity contribution in [1.29, 1.82) is 0 Å². The lowest BCUT2D eigenvalue weighted by atomic mass is 10.0. The molecule has 6 heteroatoms. The third kappa shape index (κ3) is 2.67. The van der Waals surface area contributed by atoms with Crippen LogP contribution < -0.4 is 0 Å². The Morgan fingerprint density at radius 1 is 1.41 bits per heavy atom. The topological polar surface area (TPSA) is 51.0 Å². The smallest absolute Gasteiger partial charge is 0.229 e. The molecule has 1 saturated heterocycles. The highest BCUT2D eigenvalue weighted by Crippen LogP contribution is 2.35. The predicted octanol–water partition coefficient (Wildman–Crippen LogP) is 2.71. The summed E-state index contributed by atoms with van der Waals surface area (Å²) in [6.45, 7) is 6.92. The average molecular weight is 318 g/mol. The number of rotatable bonds is 3. The molecule has 1 unspecified atom stereocenters. The van der Waals surface area contributed by atoms with Gasteiger partial charge in [-0.3, -0.25) is 9.48 Å². The van der Waals surface area contributed by atoms with Gasteiger partial charge in [0, 0.05) is 30.2 Å². The van der Waals surface area contributed by atoms with Crippen LogP contribution in [0.3, 0.4) is 0 Å². The maximum Gasteiger partial charge on any atom is 0.229 e. The summed E-state index contributed by atoms with van der Waals surface area (Å²) in [6.07, 6.45) is 2.48. The zero-order chi connectivity index (χ0) is 15.9. The fourth-order valence-corrected chi connectivity index (χ4v) is 4.00. The predicted molar refractivity (Wildman–Crippen MR) is 86.9 cm³/mol. The molecule has 0 aromatic carbocycles. The number of carbonyl (C=O) groups is 1. The van der Waals surface area contributed by atoms with Crippen LogP contribution in [-0.2, 0) is 18.3 Å². The van der Waals surface area contributed by atoms with E-state index in [9.17, 15) is 4.79 Å². The number of hydrogen-bond acceptors (Lipinski definition) is 4. The minimum absolute atomic E-state index is 0.168. The van der Waals surface area contributed by atoms with E-state index >= 15 is 0 Å². The Kier molecular flexibility index (Phi) is 4.04. The van der Waals surface area contributed by atoms with E-state index in [2.05, 4.69) is 17.0 Å². The van der Waals surface area contributed by atoms with Crippen LogP contribution in [0.15, 0.2) is 5.38 Å². The van der Waals surface area contributed by atoms with Crippen LogP contribution in [0.25, 0.3) is 0 Å². The molecule has 5 nitrogen and oxygen atoms in total. The Labute approximate surface area is 135 Å². The third-order valence-corrected chi connectivity index (χ3v) is 5.29. The number of hydrogen-bond donors (Lipinski definition) is 0. The van der Waals surface area contributed by atoms with E-state index in [0.29, 0.717) is 6.42 Å². The normalized spacial score (nSPS) is 18.2. The molecular formula is C16H22N4OS. The first-order chi connectivity index (χ1) is 10.5. The van der Waals surface area contributed by atoms with Crippen molar-refractivity contribution in [3.05, 3.63) is 33.0 Å². The molecule has 118 valence electrons. The summed E-state index contributed by atoms with van der Waals surface area (Å²) in [4.78, 5) is 19.1. The van der Waals surface area contributed by atoms with Gasteiger partial charge < -0.3 is 4.90 Å². The van der Waals surface area contributed by atoms with Crippen LogP contribution >= 0.6 is 11.3 Å². The molecule has 1 amide bonds. The van der Waals surface area contributed by atoms with Gasteiger partial charge in [0.2, 0.25) is 5.91 Å². The second-order valence-electron chi connectivity index (χ2n) is 5.99. The number of thiazole rings is 1. The zero-order valence-electron chi connectivity index (χ0n) is 13.6. The lowest BCUT2D eigenvalue weighted by molar-refractivity contribution is -0.131. The van der Waals surface area contributed by atoms with Crippen molar-refractivity contribution in [1.82, 2.24) is 19.7 Å². The molecule has 0 radical (unpaired) electrons. The van der Waals surface area contributed by atoms with Gasteiger partial charge in [-0.05, 0) is 33.6 Å². The van der Waals surface area contributed by atoms with Gasteiger partial charge in [-0.2, -0.15) is 5.10 Å². The molecule has 0 aliphatic carbocycles. The number of aryl methyl sites for hydroxylation is 3. The molecule has 22 heavy (non-hydrogen) atoms. The van der Waals surface area contributed by atoms with Crippen LogP contribution in [0.1, 0.15) is 46.5 Å². The Balaban J connectivity index is 1.82. The summed E-state index contributed by atoms with van der Waals surface area (Å²) in [5, 5.41) is 7.50. The Hall–Kier alpha value is -1.69. The first-order valence-corrected chi connectivity index (χ1v) is 8.56. The van der Waals surface area contributed by atoms with Gasteiger partial charge in [0.25, 0.3) is 0 Å². The molecule has 0 N–H and O–H groups in total. The molecule has 2 aromatic heterocycles. The summed E-state index contributed by atoms with van der Waals surface area (Å²) >= 11 is 1.60. The van der Waals surface area contributed by atoms with Crippen molar-refractivity contribution in [2.75, 3.05) is 6.54 Å². The number of nitrogens with zero attached hydrogens (tertiary/aromatic N) is 4. The molecule has 0 spiro atoms. The van der Waals surface area contributed by atoms with E-state index in [0.717, 1.165) is 41.5 Å². The van der Waals surface area contributed by atoms with Gasteiger partial charge in [0.1, 0.15) is 0 Å². The first kappa shape index (κ1) is 15.2. The second-order valence-corrected chi connectivity index (χ2v) is 7.05. The molecule has 0 bridgehead atoms. The van der Waals surface area contributed by atoms with E-state index in [1.54, 1.807) is 11.3 Å². The van der Waals surface area contributed by atoms with Gasteiger partial charge in [0.05, 0.1) is 28.9 Å². The molecule has 1 aliphatic heterocycles. The van der Waals surface area contributed by atoms with Crippen LogP contribution in [0.4, 0.5) is 0 Å². The summed E-state index contributed by atoms with van der Waals surface area (Å²) in [5.74, 6) is 0.176. The Morgan fingerprint density at radius 3 is 2.77 bits per heavy atom. The van der Waals surface area contributed by atoms with Crippen molar-refractivity contribution in [3.63, 3.8) is 0 Å². The van der Waals surface area contributed by atoms with Gasteiger partial charge >= 0.3 is 0 Å². The molecule has 1 aliphatic rings. The van der Waals surface area contributed by atoms with Crippen LogP contribution in [0, 0.1) is 20.8 Å². The standard InChI is InChI=1S/C16H22N4OS/c1-10-16(11(2)19(4)18-10)14-6-5-7-20(14)15(21)8-13-9-22-12(3)17-13/h9,14H,5-8H2,1-4H3. The molecule has 2 aromatic rings. The van der Waals surface area contributed by atoms with Gasteiger partial charge in [-0.15, -0.1) is 11.3 Å². The SMILES string of the molecule is Cc1nc(CC(=O)N2CCCC2c2c(C)nn(C)c2C)cs1. The summed E-state index contributed by atoms with van der Waals surface area (Å²) in [5.41, 5.74) is 4.31. The average Bonchev–Trinajstić information content (AvgIpc) is 3.12. The van der Waals surface area contributed by atoms with Crippen LogP contribution in [-0.4, -0.2) is 32.1 Å². The fourth-order valence-electron chi connectivity index (χ4n) is 3.38. The van der Waals surface area contributed by atoms with E-state index in [-0.39, 0.29) is 11.9 Å². The lowest BCUT2D eigenvalue weighted by Gasteiger charge is -2.25. The number of carbonyl (C=O) groups excluding carboxylic acids is 1. The molecule has 3 rings (SSSR count). The molecule has 1 fully saturated rings. The van der Waals surface area contributed by atoms with E-state index in [4.69, 9.17) is 0 Å². The molecular weight excluding hydrogens is 296 g/mol. The minimum atomic E-state index is 0.168.